The van der Waals surface area contributed by atoms with Crippen molar-refractivity contribution in [3.63, 3.8) is 0 Å². The van der Waals surface area contributed by atoms with E-state index >= 15 is 0 Å². The molecule has 0 bridgehead atoms. The Morgan fingerprint density at radius 1 is 1.32 bits per heavy atom. The smallest absolute Gasteiger partial charge is 0.0593 e. The molecule has 2 rings (SSSR count). The Kier molecular flexibility index (Phi) is 5.37. The predicted molar refractivity (Wildman–Crippen MR) is 79.1 cm³/mol. The molecule has 0 fully saturated rings. The molecule has 1 heterocycles. The third-order valence-corrected chi connectivity index (χ3v) is 3.71. The quantitative estimate of drug-likeness (QED) is 0.797. The van der Waals surface area contributed by atoms with E-state index < -0.39 is 0 Å². The van der Waals surface area contributed by atoms with E-state index in [1.165, 1.54) is 11.1 Å². The minimum Gasteiger partial charge on any atom is -0.380 e. The third-order valence-electron chi connectivity index (χ3n) is 3.71. The van der Waals surface area contributed by atoms with Gasteiger partial charge in [-0.3, -0.25) is 4.90 Å². The molecule has 1 atom stereocenters. The van der Waals surface area contributed by atoms with Crippen LogP contribution >= 0.6 is 0 Å². The normalized spacial score (nSPS) is 19.7. The van der Waals surface area contributed by atoms with Crippen molar-refractivity contribution in [3.05, 3.63) is 35.4 Å². The van der Waals surface area contributed by atoms with Gasteiger partial charge >= 0.3 is 0 Å². The number of ether oxygens (including phenoxy) is 1. The fourth-order valence-electron chi connectivity index (χ4n) is 2.64. The molecule has 3 nitrogen and oxygen atoms in total. The molecule has 0 amide bonds. The highest BCUT2D eigenvalue weighted by Gasteiger charge is 2.24. The number of rotatable bonds is 6. The zero-order valence-electron chi connectivity index (χ0n) is 12.1. The maximum atomic E-state index is 5.92. The molecule has 3 heteroatoms. The third kappa shape index (κ3) is 4.03. The Morgan fingerprint density at radius 3 is 2.74 bits per heavy atom. The van der Waals surface area contributed by atoms with E-state index in [1.807, 2.05) is 0 Å². The van der Waals surface area contributed by atoms with Crippen molar-refractivity contribution in [2.75, 3.05) is 26.3 Å². The van der Waals surface area contributed by atoms with Crippen molar-refractivity contribution in [2.45, 2.75) is 32.9 Å². The molecule has 1 aromatic carbocycles. The van der Waals surface area contributed by atoms with Gasteiger partial charge in [0.15, 0.2) is 0 Å². The summed E-state index contributed by atoms with van der Waals surface area (Å²) >= 11 is 0. The summed E-state index contributed by atoms with van der Waals surface area (Å²) in [5, 5.41) is 0. The van der Waals surface area contributed by atoms with Gasteiger partial charge in [0, 0.05) is 32.3 Å². The van der Waals surface area contributed by atoms with Crippen LogP contribution < -0.4 is 5.73 Å². The average Bonchev–Trinajstić information content (AvgIpc) is 2.42. The molecule has 0 radical (unpaired) electrons. The molecule has 106 valence electrons. The van der Waals surface area contributed by atoms with Gasteiger partial charge in [0.05, 0.1) is 6.61 Å². The molecule has 0 aromatic heterocycles. The van der Waals surface area contributed by atoms with Crippen molar-refractivity contribution in [3.8, 4) is 0 Å². The molecule has 0 saturated carbocycles. The lowest BCUT2D eigenvalue weighted by Gasteiger charge is -2.36. The molecule has 1 aliphatic heterocycles. The second-order valence-electron chi connectivity index (χ2n) is 5.80. The van der Waals surface area contributed by atoms with Gasteiger partial charge in [-0.05, 0) is 23.5 Å². The van der Waals surface area contributed by atoms with Crippen LogP contribution in [0.2, 0.25) is 0 Å². The minimum absolute atomic E-state index is 0.456. The Bertz CT molecular complexity index is 392. The van der Waals surface area contributed by atoms with E-state index in [4.69, 9.17) is 10.5 Å². The Hall–Kier alpha value is -0.900. The molecule has 0 spiro atoms. The highest BCUT2D eigenvalue weighted by Crippen LogP contribution is 2.22. The second-order valence-corrected chi connectivity index (χ2v) is 5.80. The average molecular weight is 262 g/mol. The fraction of sp³-hybridized carbons (Fsp3) is 0.625. The number of hydrogen-bond acceptors (Lipinski definition) is 3. The van der Waals surface area contributed by atoms with Gasteiger partial charge in [-0.15, -0.1) is 0 Å². The van der Waals surface area contributed by atoms with E-state index in [2.05, 4.69) is 43.0 Å². The Balaban J connectivity index is 1.89. The summed E-state index contributed by atoms with van der Waals surface area (Å²) in [5.74, 6) is 0.604. The van der Waals surface area contributed by atoms with Crippen LogP contribution in [0.4, 0.5) is 0 Å². The summed E-state index contributed by atoms with van der Waals surface area (Å²) in [6.07, 6.45) is 1.07. The highest BCUT2D eigenvalue weighted by molar-refractivity contribution is 5.30. The monoisotopic (exact) mass is 262 g/mol. The summed E-state index contributed by atoms with van der Waals surface area (Å²) in [4.78, 5) is 2.46. The van der Waals surface area contributed by atoms with Crippen LogP contribution in [0, 0.1) is 5.92 Å². The van der Waals surface area contributed by atoms with E-state index in [1.54, 1.807) is 0 Å². The first-order valence-corrected chi connectivity index (χ1v) is 7.29. The number of hydrogen-bond donors (Lipinski definition) is 1. The van der Waals surface area contributed by atoms with E-state index in [0.717, 1.165) is 39.3 Å². The van der Waals surface area contributed by atoms with Crippen LogP contribution in [0.15, 0.2) is 24.3 Å². The highest BCUT2D eigenvalue weighted by atomic mass is 16.5. The number of fused-ring (bicyclic) bond motifs is 1. The second kappa shape index (κ2) is 7.04. The Morgan fingerprint density at radius 2 is 2.05 bits per heavy atom. The van der Waals surface area contributed by atoms with Crippen molar-refractivity contribution in [2.24, 2.45) is 11.7 Å². The lowest BCUT2D eigenvalue weighted by atomic mass is 9.94. The van der Waals surface area contributed by atoms with Crippen molar-refractivity contribution >= 4 is 0 Å². The number of nitrogens with zero attached hydrogens (tertiary/aromatic N) is 1. The van der Waals surface area contributed by atoms with E-state index in [0.29, 0.717) is 12.0 Å². The van der Waals surface area contributed by atoms with Gasteiger partial charge in [-0.1, -0.05) is 38.1 Å². The van der Waals surface area contributed by atoms with Gasteiger partial charge in [0.25, 0.3) is 0 Å². The zero-order chi connectivity index (χ0) is 13.7. The largest absolute Gasteiger partial charge is 0.380 e. The molecule has 0 saturated heterocycles. The van der Waals surface area contributed by atoms with Crippen LogP contribution in [0.1, 0.15) is 25.0 Å². The first-order valence-electron chi connectivity index (χ1n) is 7.29. The SMILES string of the molecule is CC(C)COCCN1Cc2ccccc2CC1CN. The van der Waals surface area contributed by atoms with E-state index in [-0.39, 0.29) is 0 Å². The summed E-state index contributed by atoms with van der Waals surface area (Å²) in [7, 11) is 0. The lowest BCUT2D eigenvalue weighted by molar-refractivity contribution is 0.0665. The summed E-state index contributed by atoms with van der Waals surface area (Å²) < 4.78 is 5.70. The lowest BCUT2D eigenvalue weighted by Crippen LogP contribution is -2.46. The molecule has 1 unspecified atom stereocenters. The first-order chi connectivity index (χ1) is 9.20. The van der Waals surface area contributed by atoms with E-state index in [9.17, 15) is 0 Å². The van der Waals surface area contributed by atoms with Gasteiger partial charge in [0.1, 0.15) is 0 Å². The zero-order valence-corrected chi connectivity index (χ0v) is 12.1. The minimum atomic E-state index is 0.456. The van der Waals surface area contributed by atoms with Crippen LogP contribution in [0.25, 0.3) is 0 Å². The molecular weight excluding hydrogens is 236 g/mol. The van der Waals surface area contributed by atoms with Gasteiger partial charge in [-0.25, -0.2) is 0 Å². The van der Waals surface area contributed by atoms with Gasteiger partial charge < -0.3 is 10.5 Å². The standard InChI is InChI=1S/C16H26N2O/c1-13(2)12-19-8-7-18-11-15-6-4-3-5-14(15)9-16(18)10-17/h3-6,13,16H,7-12,17H2,1-2H3. The molecule has 0 aliphatic carbocycles. The number of benzene rings is 1. The molecule has 19 heavy (non-hydrogen) atoms. The van der Waals surface area contributed by atoms with Gasteiger partial charge in [-0.2, -0.15) is 0 Å². The maximum Gasteiger partial charge on any atom is 0.0593 e. The van der Waals surface area contributed by atoms with Crippen LogP contribution in [0.3, 0.4) is 0 Å². The summed E-state index contributed by atoms with van der Waals surface area (Å²) in [5.41, 5.74) is 8.82. The van der Waals surface area contributed by atoms with Crippen molar-refractivity contribution < 1.29 is 4.74 Å². The predicted octanol–water partition coefficient (Wildman–Crippen LogP) is 2.04. The number of nitrogens with two attached hydrogens (primary N) is 1. The molecule has 1 aliphatic rings. The molecular formula is C16H26N2O. The Labute approximate surface area is 116 Å². The van der Waals surface area contributed by atoms with Gasteiger partial charge in [0.2, 0.25) is 0 Å². The molecule has 2 N–H and O–H groups in total. The van der Waals surface area contributed by atoms with Crippen LogP contribution in [-0.4, -0.2) is 37.2 Å². The van der Waals surface area contributed by atoms with Crippen LogP contribution in [0.5, 0.6) is 0 Å². The summed E-state index contributed by atoms with van der Waals surface area (Å²) in [6, 6.07) is 9.15. The fourth-order valence-corrected chi connectivity index (χ4v) is 2.64. The topological polar surface area (TPSA) is 38.5 Å². The molecule has 1 aromatic rings. The van der Waals surface area contributed by atoms with Crippen LogP contribution in [-0.2, 0) is 17.7 Å². The van der Waals surface area contributed by atoms with Crippen molar-refractivity contribution in [1.29, 1.82) is 0 Å². The van der Waals surface area contributed by atoms with Crippen molar-refractivity contribution in [1.82, 2.24) is 4.90 Å². The maximum absolute atomic E-state index is 5.92. The summed E-state index contributed by atoms with van der Waals surface area (Å²) in [6.45, 7) is 8.71. The first kappa shape index (κ1) is 14.5.